The first-order chi connectivity index (χ1) is 11.2. The topological polar surface area (TPSA) is 47.0 Å². The van der Waals surface area contributed by atoms with E-state index in [0.717, 1.165) is 40.8 Å². The monoisotopic (exact) mass is 325 g/mol. The number of rotatable bonds is 3. The Kier molecular flexibility index (Phi) is 3.65. The number of ether oxygens (including phenoxy) is 1. The molecule has 118 valence electrons. The number of aryl methyl sites for hydroxylation is 1. The minimum absolute atomic E-state index is 0.762. The number of anilines is 2. The van der Waals surface area contributed by atoms with Crippen molar-refractivity contribution in [3.05, 3.63) is 41.0 Å². The van der Waals surface area contributed by atoms with Gasteiger partial charge in [-0.3, -0.25) is 0 Å². The third kappa shape index (κ3) is 2.65. The fraction of sp³-hybridized carbons (Fsp3) is 0.333. The molecular formula is C18H19N3OS. The molecular weight excluding hydrogens is 306 g/mol. The molecule has 1 aliphatic rings. The predicted octanol–water partition coefficient (Wildman–Crippen LogP) is 4.57. The molecule has 0 aliphatic heterocycles. The lowest BCUT2D eigenvalue weighted by molar-refractivity contribution is 0.415. The highest BCUT2D eigenvalue weighted by Crippen LogP contribution is 2.40. The summed E-state index contributed by atoms with van der Waals surface area (Å²) in [5, 5.41) is 4.64. The second-order valence-corrected chi connectivity index (χ2v) is 7.19. The van der Waals surface area contributed by atoms with Gasteiger partial charge in [-0.1, -0.05) is 13.0 Å². The standard InChI is InChI=1S/C18H19N3OS/c1-11-6-7-14-15(8-11)23-18-16(14)17(19-10-20-18)21-12-4-3-5-13(9-12)22-2/h3-5,9-11H,6-8H2,1-2H3,(H,19,20,21)/t11-/m1/s1. The van der Waals surface area contributed by atoms with Crippen molar-refractivity contribution in [2.45, 2.75) is 26.2 Å². The summed E-state index contributed by atoms with van der Waals surface area (Å²) >= 11 is 1.82. The van der Waals surface area contributed by atoms with Crippen LogP contribution in [0, 0.1) is 5.92 Å². The highest BCUT2D eigenvalue weighted by Gasteiger charge is 2.23. The van der Waals surface area contributed by atoms with Crippen LogP contribution < -0.4 is 10.1 Å². The van der Waals surface area contributed by atoms with Gasteiger partial charge in [-0.25, -0.2) is 9.97 Å². The Hall–Kier alpha value is -2.14. The summed E-state index contributed by atoms with van der Waals surface area (Å²) in [6.45, 7) is 2.33. The van der Waals surface area contributed by atoms with E-state index in [1.54, 1.807) is 13.4 Å². The molecule has 4 nitrogen and oxygen atoms in total. The molecule has 1 atom stereocenters. The largest absolute Gasteiger partial charge is 0.497 e. The van der Waals surface area contributed by atoms with E-state index in [4.69, 9.17) is 4.74 Å². The van der Waals surface area contributed by atoms with Gasteiger partial charge in [-0.05, 0) is 42.9 Å². The molecule has 0 saturated heterocycles. The molecule has 0 bridgehead atoms. The summed E-state index contributed by atoms with van der Waals surface area (Å²) in [5.74, 6) is 2.50. The van der Waals surface area contributed by atoms with Crippen molar-refractivity contribution in [1.82, 2.24) is 9.97 Å². The van der Waals surface area contributed by atoms with Gasteiger partial charge in [-0.2, -0.15) is 0 Å². The SMILES string of the molecule is COc1cccc(Nc2ncnc3sc4c(c23)CC[C@@H](C)C4)c1. The van der Waals surface area contributed by atoms with Gasteiger partial charge in [-0.15, -0.1) is 11.3 Å². The van der Waals surface area contributed by atoms with Gasteiger partial charge in [0.15, 0.2) is 0 Å². The quantitative estimate of drug-likeness (QED) is 0.766. The Labute approximate surface area is 139 Å². The molecule has 0 spiro atoms. The minimum atomic E-state index is 0.762. The van der Waals surface area contributed by atoms with Crippen LogP contribution in [0.15, 0.2) is 30.6 Å². The van der Waals surface area contributed by atoms with E-state index in [0.29, 0.717) is 0 Å². The zero-order valence-electron chi connectivity index (χ0n) is 13.3. The van der Waals surface area contributed by atoms with E-state index >= 15 is 0 Å². The summed E-state index contributed by atoms with van der Waals surface area (Å²) in [4.78, 5) is 11.6. The zero-order valence-corrected chi connectivity index (χ0v) is 14.1. The van der Waals surface area contributed by atoms with Gasteiger partial charge < -0.3 is 10.1 Å². The molecule has 5 heteroatoms. The minimum Gasteiger partial charge on any atom is -0.497 e. The maximum atomic E-state index is 5.30. The summed E-state index contributed by atoms with van der Waals surface area (Å²) < 4.78 is 5.30. The molecule has 1 aromatic carbocycles. The van der Waals surface area contributed by atoms with Crippen molar-refractivity contribution < 1.29 is 4.74 Å². The molecule has 0 radical (unpaired) electrons. The Bertz CT molecular complexity index is 859. The van der Waals surface area contributed by atoms with Crippen molar-refractivity contribution in [3.8, 4) is 5.75 Å². The summed E-state index contributed by atoms with van der Waals surface area (Å²) in [7, 11) is 1.68. The Morgan fingerprint density at radius 2 is 2.22 bits per heavy atom. The Balaban J connectivity index is 1.78. The zero-order chi connectivity index (χ0) is 15.8. The van der Waals surface area contributed by atoms with Crippen molar-refractivity contribution in [2.24, 2.45) is 5.92 Å². The summed E-state index contributed by atoms with van der Waals surface area (Å²) in [6.07, 6.45) is 5.17. The van der Waals surface area contributed by atoms with E-state index in [-0.39, 0.29) is 0 Å². The molecule has 2 aromatic heterocycles. The van der Waals surface area contributed by atoms with Crippen molar-refractivity contribution in [3.63, 3.8) is 0 Å². The maximum Gasteiger partial charge on any atom is 0.142 e. The van der Waals surface area contributed by atoms with Crippen LogP contribution in [0.4, 0.5) is 11.5 Å². The second kappa shape index (κ2) is 5.81. The molecule has 0 fully saturated rings. The van der Waals surface area contributed by atoms with Crippen molar-refractivity contribution >= 4 is 33.1 Å². The lowest BCUT2D eigenvalue weighted by atomic mass is 9.89. The first-order valence-corrected chi connectivity index (χ1v) is 8.72. The van der Waals surface area contributed by atoms with Crippen LogP contribution in [-0.2, 0) is 12.8 Å². The molecule has 0 saturated carbocycles. The van der Waals surface area contributed by atoms with E-state index in [1.807, 2.05) is 35.6 Å². The number of nitrogens with zero attached hydrogens (tertiary/aromatic N) is 2. The fourth-order valence-electron chi connectivity index (χ4n) is 3.21. The number of hydrogen-bond acceptors (Lipinski definition) is 5. The summed E-state index contributed by atoms with van der Waals surface area (Å²) in [5.41, 5.74) is 2.42. The Morgan fingerprint density at radius 3 is 3.09 bits per heavy atom. The second-order valence-electron chi connectivity index (χ2n) is 6.11. The Morgan fingerprint density at radius 1 is 1.30 bits per heavy atom. The van der Waals surface area contributed by atoms with Gasteiger partial charge >= 0.3 is 0 Å². The number of nitrogens with one attached hydrogen (secondary N) is 1. The first kappa shape index (κ1) is 14.5. The summed E-state index contributed by atoms with van der Waals surface area (Å²) in [6, 6.07) is 7.92. The van der Waals surface area contributed by atoms with Gasteiger partial charge in [0.1, 0.15) is 22.7 Å². The lowest BCUT2D eigenvalue weighted by Crippen LogP contribution is -2.09. The van der Waals surface area contributed by atoms with Gasteiger partial charge in [0, 0.05) is 16.6 Å². The van der Waals surface area contributed by atoms with Gasteiger partial charge in [0.2, 0.25) is 0 Å². The first-order valence-electron chi connectivity index (χ1n) is 7.91. The molecule has 23 heavy (non-hydrogen) atoms. The number of fused-ring (bicyclic) bond motifs is 3. The highest BCUT2D eigenvalue weighted by atomic mass is 32.1. The molecule has 1 N–H and O–H groups in total. The van der Waals surface area contributed by atoms with E-state index in [1.165, 1.54) is 22.2 Å². The molecule has 0 amide bonds. The fourth-order valence-corrected chi connectivity index (χ4v) is 4.56. The third-order valence-corrected chi connectivity index (χ3v) is 5.59. The normalized spacial score (nSPS) is 17.0. The number of methoxy groups -OCH3 is 1. The average molecular weight is 325 g/mol. The van der Waals surface area contributed by atoms with Crippen molar-refractivity contribution in [1.29, 1.82) is 0 Å². The highest BCUT2D eigenvalue weighted by molar-refractivity contribution is 7.19. The number of hydrogen-bond donors (Lipinski definition) is 1. The van der Waals surface area contributed by atoms with Crippen LogP contribution in [0.2, 0.25) is 0 Å². The van der Waals surface area contributed by atoms with Crippen LogP contribution >= 0.6 is 11.3 Å². The van der Waals surface area contributed by atoms with Gasteiger partial charge in [0.05, 0.1) is 12.5 Å². The van der Waals surface area contributed by atoms with E-state index in [9.17, 15) is 0 Å². The smallest absolute Gasteiger partial charge is 0.142 e. The van der Waals surface area contributed by atoms with Crippen LogP contribution in [0.3, 0.4) is 0 Å². The van der Waals surface area contributed by atoms with Crippen LogP contribution in [-0.4, -0.2) is 17.1 Å². The van der Waals surface area contributed by atoms with Crippen molar-refractivity contribution in [2.75, 3.05) is 12.4 Å². The molecule has 0 unspecified atom stereocenters. The van der Waals surface area contributed by atoms with Crippen LogP contribution in [0.5, 0.6) is 5.75 Å². The predicted molar refractivity (Wildman–Crippen MR) is 94.9 cm³/mol. The average Bonchev–Trinajstić information content (AvgIpc) is 2.93. The third-order valence-electron chi connectivity index (χ3n) is 4.42. The number of aromatic nitrogens is 2. The van der Waals surface area contributed by atoms with E-state index in [2.05, 4.69) is 22.2 Å². The van der Waals surface area contributed by atoms with Crippen LogP contribution in [0.1, 0.15) is 23.8 Å². The molecule has 2 heterocycles. The molecule has 3 aromatic rings. The number of benzene rings is 1. The molecule has 4 rings (SSSR count). The maximum absolute atomic E-state index is 5.30. The lowest BCUT2D eigenvalue weighted by Gasteiger charge is -2.18. The van der Waals surface area contributed by atoms with E-state index < -0.39 is 0 Å². The van der Waals surface area contributed by atoms with Gasteiger partial charge in [0.25, 0.3) is 0 Å². The molecule has 1 aliphatic carbocycles. The van der Waals surface area contributed by atoms with Crippen LogP contribution in [0.25, 0.3) is 10.2 Å². The number of thiophene rings is 1.